The Bertz CT molecular complexity index is 687. The molecular weight excluding hydrogens is 341 g/mol. The van der Waals surface area contributed by atoms with E-state index in [0.717, 1.165) is 4.88 Å². The molecule has 7 heteroatoms. The Hall–Kier alpha value is -1.92. The Balaban J connectivity index is 1.97. The van der Waals surface area contributed by atoms with E-state index in [2.05, 4.69) is 5.32 Å². The maximum absolute atomic E-state index is 13.0. The van der Waals surface area contributed by atoms with Crippen LogP contribution in [0.5, 0.6) is 0 Å². The van der Waals surface area contributed by atoms with E-state index in [1.54, 1.807) is 11.4 Å². The molecule has 0 saturated heterocycles. The lowest BCUT2D eigenvalue weighted by molar-refractivity contribution is -0.137. The van der Waals surface area contributed by atoms with Gasteiger partial charge in [0.05, 0.1) is 17.5 Å². The fourth-order valence-electron chi connectivity index (χ4n) is 2.11. The van der Waals surface area contributed by atoms with Crippen molar-refractivity contribution in [2.45, 2.75) is 25.3 Å². The molecule has 0 radical (unpaired) electrons. The maximum atomic E-state index is 13.0. The monoisotopic (exact) mass is 355 g/mol. The van der Waals surface area contributed by atoms with Gasteiger partial charge in [0.2, 0.25) is 5.91 Å². The number of carbonyl (C=O) groups excluding carboxylic acids is 1. The van der Waals surface area contributed by atoms with Gasteiger partial charge in [-0.3, -0.25) is 9.59 Å². The summed E-state index contributed by atoms with van der Waals surface area (Å²) in [7, 11) is 0. The van der Waals surface area contributed by atoms with Crippen LogP contribution in [0, 0.1) is 5.82 Å². The molecule has 0 aliphatic heterocycles. The molecule has 0 aliphatic carbocycles. The Kier molecular flexibility index (Phi) is 6.12. The zero-order valence-corrected chi connectivity index (χ0v) is 13.7. The highest BCUT2D eigenvalue weighted by Crippen LogP contribution is 2.21. The zero-order valence-electron chi connectivity index (χ0n) is 12.1. The van der Waals surface area contributed by atoms with Gasteiger partial charge in [0, 0.05) is 16.7 Å². The summed E-state index contributed by atoms with van der Waals surface area (Å²) in [5.41, 5.74) is 0.557. The highest BCUT2D eigenvalue weighted by Gasteiger charge is 2.18. The smallest absolute Gasteiger partial charge is 0.305 e. The number of carboxylic acid groups (broad SMARTS) is 1. The topological polar surface area (TPSA) is 66.4 Å². The summed E-state index contributed by atoms with van der Waals surface area (Å²) in [6.07, 6.45) is 0.503. The molecule has 0 bridgehead atoms. The van der Waals surface area contributed by atoms with Crippen LogP contribution in [-0.2, 0) is 16.0 Å². The molecule has 0 aliphatic rings. The molecule has 0 fully saturated rings. The number of thiophene rings is 1. The first-order chi connectivity index (χ1) is 10.9. The van der Waals surface area contributed by atoms with E-state index < -0.39 is 17.8 Å². The first kappa shape index (κ1) is 17.4. The van der Waals surface area contributed by atoms with Gasteiger partial charge < -0.3 is 10.4 Å². The average Bonchev–Trinajstić information content (AvgIpc) is 2.90. The number of nitrogens with one attached hydrogen (secondary N) is 1. The van der Waals surface area contributed by atoms with Crippen molar-refractivity contribution in [3.63, 3.8) is 0 Å². The Labute approximate surface area is 141 Å². The number of benzene rings is 1. The second-order valence-electron chi connectivity index (χ2n) is 5.00. The summed E-state index contributed by atoms with van der Waals surface area (Å²) in [4.78, 5) is 24.0. The molecule has 1 aromatic heterocycles. The van der Waals surface area contributed by atoms with Crippen molar-refractivity contribution in [3.8, 4) is 0 Å². The number of hydrogen-bond donors (Lipinski definition) is 2. The summed E-state index contributed by atoms with van der Waals surface area (Å²) >= 11 is 7.30. The zero-order chi connectivity index (χ0) is 16.8. The molecule has 2 rings (SSSR count). The van der Waals surface area contributed by atoms with Crippen molar-refractivity contribution in [1.82, 2.24) is 5.32 Å². The first-order valence-corrected chi connectivity index (χ1v) is 8.19. The van der Waals surface area contributed by atoms with Gasteiger partial charge in [0.1, 0.15) is 5.82 Å². The van der Waals surface area contributed by atoms with Crippen LogP contribution in [-0.4, -0.2) is 17.0 Å². The average molecular weight is 356 g/mol. The third-order valence-electron chi connectivity index (χ3n) is 3.21. The molecule has 2 aromatic rings. The van der Waals surface area contributed by atoms with E-state index >= 15 is 0 Å². The number of amides is 1. The summed E-state index contributed by atoms with van der Waals surface area (Å²) < 4.78 is 13.0. The van der Waals surface area contributed by atoms with Crippen LogP contribution in [0.1, 0.15) is 29.3 Å². The second kappa shape index (κ2) is 8.08. The fraction of sp³-hybridized carbons (Fsp3) is 0.250. The lowest BCUT2D eigenvalue weighted by atomic mass is 10.0. The van der Waals surface area contributed by atoms with Crippen molar-refractivity contribution < 1.29 is 19.1 Å². The standard InChI is InChI=1S/C16H15ClFNO3S/c17-11-7-13(23-9-11)5-6-15(20)19-14(8-16(21)22)10-1-3-12(18)4-2-10/h1-4,7,9,14H,5-6,8H2,(H,19,20)(H,21,22). The van der Waals surface area contributed by atoms with E-state index in [9.17, 15) is 14.0 Å². The van der Waals surface area contributed by atoms with Crippen molar-refractivity contribution in [2.75, 3.05) is 0 Å². The van der Waals surface area contributed by atoms with Crippen molar-refractivity contribution >= 4 is 34.8 Å². The minimum absolute atomic E-state index is 0.230. The summed E-state index contributed by atoms with van der Waals surface area (Å²) in [6, 6.07) is 6.54. The van der Waals surface area contributed by atoms with E-state index in [0.29, 0.717) is 17.0 Å². The Morgan fingerprint density at radius 2 is 2.00 bits per heavy atom. The van der Waals surface area contributed by atoms with Crippen LogP contribution >= 0.6 is 22.9 Å². The van der Waals surface area contributed by atoms with E-state index in [4.69, 9.17) is 16.7 Å². The number of carboxylic acids is 1. The van der Waals surface area contributed by atoms with Gasteiger partial charge in [-0.1, -0.05) is 23.7 Å². The number of aliphatic carboxylic acids is 1. The van der Waals surface area contributed by atoms with Crippen LogP contribution in [0.4, 0.5) is 4.39 Å². The lowest BCUT2D eigenvalue weighted by Gasteiger charge is -2.17. The van der Waals surface area contributed by atoms with Crippen LogP contribution in [0.25, 0.3) is 0 Å². The summed E-state index contributed by atoms with van der Waals surface area (Å²) in [5, 5.41) is 14.1. The molecule has 1 aromatic carbocycles. The predicted octanol–water partition coefficient (Wildman–Crippen LogP) is 3.81. The van der Waals surface area contributed by atoms with Gasteiger partial charge in [0.15, 0.2) is 0 Å². The quantitative estimate of drug-likeness (QED) is 0.793. The second-order valence-corrected chi connectivity index (χ2v) is 6.43. The van der Waals surface area contributed by atoms with Crippen molar-refractivity contribution in [3.05, 3.63) is 57.0 Å². The first-order valence-electron chi connectivity index (χ1n) is 6.93. The van der Waals surface area contributed by atoms with Crippen LogP contribution in [0.15, 0.2) is 35.7 Å². The minimum Gasteiger partial charge on any atom is -0.481 e. The molecule has 122 valence electrons. The Morgan fingerprint density at radius 1 is 1.30 bits per heavy atom. The largest absolute Gasteiger partial charge is 0.481 e. The molecular formula is C16H15ClFNO3S. The van der Waals surface area contributed by atoms with Gasteiger partial charge >= 0.3 is 5.97 Å². The highest BCUT2D eigenvalue weighted by atomic mass is 35.5. The molecule has 0 spiro atoms. The molecule has 1 amide bonds. The third kappa shape index (κ3) is 5.65. The summed E-state index contributed by atoms with van der Waals surface area (Å²) in [6.45, 7) is 0. The third-order valence-corrected chi connectivity index (χ3v) is 4.55. The number of rotatable bonds is 7. The van der Waals surface area contributed by atoms with Gasteiger partial charge in [-0.15, -0.1) is 11.3 Å². The van der Waals surface area contributed by atoms with Gasteiger partial charge in [-0.05, 0) is 30.2 Å². The van der Waals surface area contributed by atoms with Gasteiger partial charge in [-0.25, -0.2) is 4.39 Å². The van der Waals surface area contributed by atoms with Gasteiger partial charge in [0.25, 0.3) is 0 Å². The highest BCUT2D eigenvalue weighted by molar-refractivity contribution is 7.10. The van der Waals surface area contributed by atoms with Crippen LogP contribution in [0.3, 0.4) is 0 Å². The lowest BCUT2D eigenvalue weighted by Crippen LogP contribution is -2.30. The number of hydrogen-bond acceptors (Lipinski definition) is 3. The fourth-order valence-corrected chi connectivity index (χ4v) is 3.19. The van der Waals surface area contributed by atoms with Gasteiger partial charge in [-0.2, -0.15) is 0 Å². The van der Waals surface area contributed by atoms with E-state index in [-0.39, 0.29) is 18.7 Å². The molecule has 0 saturated carbocycles. The molecule has 1 heterocycles. The molecule has 4 nitrogen and oxygen atoms in total. The normalized spacial score (nSPS) is 11.9. The molecule has 1 atom stereocenters. The SMILES string of the molecule is O=C(O)CC(NC(=O)CCc1cc(Cl)cs1)c1ccc(F)cc1. The molecule has 23 heavy (non-hydrogen) atoms. The Morgan fingerprint density at radius 3 is 2.57 bits per heavy atom. The van der Waals surface area contributed by atoms with Crippen LogP contribution in [0.2, 0.25) is 5.02 Å². The summed E-state index contributed by atoms with van der Waals surface area (Å²) in [5.74, 6) is -1.71. The minimum atomic E-state index is -1.04. The van der Waals surface area contributed by atoms with Crippen molar-refractivity contribution in [2.24, 2.45) is 0 Å². The number of carbonyl (C=O) groups is 2. The van der Waals surface area contributed by atoms with E-state index in [1.807, 2.05) is 0 Å². The predicted molar refractivity (Wildman–Crippen MR) is 87.2 cm³/mol. The number of halogens is 2. The number of aryl methyl sites for hydroxylation is 1. The van der Waals surface area contributed by atoms with E-state index in [1.165, 1.54) is 35.6 Å². The maximum Gasteiger partial charge on any atom is 0.305 e. The van der Waals surface area contributed by atoms with Crippen LogP contribution < -0.4 is 5.32 Å². The molecule has 2 N–H and O–H groups in total. The van der Waals surface area contributed by atoms with Crippen molar-refractivity contribution in [1.29, 1.82) is 0 Å². The molecule has 1 unspecified atom stereocenters.